The molecule has 0 bridgehead atoms. The lowest BCUT2D eigenvalue weighted by atomic mass is 9.82. The van der Waals surface area contributed by atoms with Gasteiger partial charge in [-0.15, -0.1) is 11.3 Å². The van der Waals surface area contributed by atoms with Crippen LogP contribution in [0.3, 0.4) is 0 Å². The van der Waals surface area contributed by atoms with E-state index in [1.165, 1.54) is 17.6 Å². The number of aliphatic hydroxyl groups is 1. The number of rotatable bonds is 3. The van der Waals surface area contributed by atoms with E-state index in [1.54, 1.807) is 11.3 Å². The zero-order valence-electron chi connectivity index (χ0n) is 13.4. The minimum Gasteiger partial charge on any atom is -0.467 e. The van der Waals surface area contributed by atoms with Crippen LogP contribution in [0.4, 0.5) is 0 Å². The van der Waals surface area contributed by atoms with Gasteiger partial charge in [-0.3, -0.25) is 4.90 Å². The molecule has 1 spiro atoms. The Bertz CT molecular complexity index is 593. The van der Waals surface area contributed by atoms with Gasteiger partial charge < -0.3 is 14.6 Å². The maximum Gasteiger partial charge on any atom is 0.336 e. The first-order valence-electron chi connectivity index (χ1n) is 7.88. The smallest absolute Gasteiger partial charge is 0.336 e. The van der Waals surface area contributed by atoms with Crippen LogP contribution in [0, 0.1) is 0 Å². The van der Waals surface area contributed by atoms with E-state index in [-0.39, 0.29) is 11.6 Å². The van der Waals surface area contributed by atoms with Crippen molar-refractivity contribution in [3.8, 4) is 0 Å². The number of thiophene rings is 1. The summed E-state index contributed by atoms with van der Waals surface area (Å²) in [5.41, 5.74) is 1.04. The lowest BCUT2D eigenvalue weighted by molar-refractivity contribution is -0.153. The molecule has 0 unspecified atom stereocenters. The van der Waals surface area contributed by atoms with E-state index in [0.717, 1.165) is 36.8 Å². The van der Waals surface area contributed by atoms with E-state index in [4.69, 9.17) is 16.3 Å². The molecule has 1 fully saturated rings. The third kappa shape index (κ3) is 3.28. The summed E-state index contributed by atoms with van der Waals surface area (Å²) in [4.78, 5) is 14.8. The van der Waals surface area contributed by atoms with Crippen molar-refractivity contribution in [3.05, 3.63) is 20.8 Å². The van der Waals surface area contributed by atoms with Crippen molar-refractivity contribution < 1.29 is 19.4 Å². The Morgan fingerprint density at radius 3 is 3.17 bits per heavy atom. The van der Waals surface area contributed by atoms with E-state index in [0.29, 0.717) is 6.54 Å². The molecule has 3 heterocycles. The zero-order chi connectivity index (χ0) is 16.6. The molecule has 2 aliphatic rings. The average molecular weight is 360 g/mol. The number of carbonyl (C=O) groups excluding carboxylic acids is 1. The summed E-state index contributed by atoms with van der Waals surface area (Å²) in [6, 6.07) is 2.26. The molecule has 1 aromatic rings. The van der Waals surface area contributed by atoms with E-state index in [2.05, 4.69) is 22.6 Å². The molecule has 7 heteroatoms. The fraction of sp³-hybridized carbons (Fsp3) is 0.688. The minimum atomic E-state index is -1.10. The quantitative estimate of drug-likeness (QED) is 0.838. The SMILES string of the molecule is COC(=O)[C@@H](O)CN1CC[C@]2(C[C@@H]1C)OCCc1cc(Cl)sc12. The highest BCUT2D eigenvalue weighted by Crippen LogP contribution is 2.47. The van der Waals surface area contributed by atoms with Crippen molar-refractivity contribution in [2.75, 3.05) is 26.8 Å². The Labute approximate surface area is 145 Å². The van der Waals surface area contributed by atoms with E-state index in [9.17, 15) is 9.90 Å². The lowest BCUT2D eigenvalue weighted by Gasteiger charge is -2.47. The van der Waals surface area contributed by atoms with Gasteiger partial charge in [0.15, 0.2) is 6.10 Å². The highest BCUT2D eigenvalue weighted by molar-refractivity contribution is 7.16. The number of carbonyl (C=O) groups is 1. The predicted molar refractivity (Wildman–Crippen MR) is 89.0 cm³/mol. The van der Waals surface area contributed by atoms with E-state index < -0.39 is 12.1 Å². The van der Waals surface area contributed by atoms with Crippen molar-refractivity contribution in [2.45, 2.75) is 43.9 Å². The molecule has 1 N–H and O–H groups in total. The summed E-state index contributed by atoms with van der Waals surface area (Å²) in [6.45, 7) is 3.89. The monoisotopic (exact) mass is 359 g/mol. The Morgan fingerprint density at radius 1 is 1.70 bits per heavy atom. The molecule has 3 atom stereocenters. The fourth-order valence-corrected chi connectivity index (χ4v) is 5.16. The molecule has 2 aliphatic heterocycles. The van der Waals surface area contributed by atoms with Crippen LogP contribution in [0.1, 0.15) is 30.2 Å². The number of aliphatic hydroxyl groups excluding tert-OH is 1. The molecular weight excluding hydrogens is 338 g/mol. The second-order valence-electron chi connectivity index (χ2n) is 6.33. The third-order valence-electron chi connectivity index (χ3n) is 4.87. The maximum atomic E-state index is 11.4. The van der Waals surface area contributed by atoms with Gasteiger partial charge >= 0.3 is 5.97 Å². The van der Waals surface area contributed by atoms with Gasteiger partial charge in [-0.05, 0) is 37.8 Å². The normalized spacial score (nSPS) is 29.3. The number of fused-ring (bicyclic) bond motifs is 2. The fourth-order valence-electron chi connectivity index (χ4n) is 3.68. The third-order valence-corrected chi connectivity index (χ3v) is 6.37. The van der Waals surface area contributed by atoms with Crippen molar-refractivity contribution >= 4 is 28.9 Å². The minimum absolute atomic E-state index is 0.204. The van der Waals surface area contributed by atoms with Gasteiger partial charge in [0, 0.05) is 24.0 Å². The maximum absolute atomic E-state index is 11.4. The number of nitrogens with zero attached hydrogens (tertiary/aromatic N) is 1. The number of β-amino-alcohol motifs (C(OH)–C–C–N with tert-alkyl or cyclic N) is 1. The second kappa shape index (κ2) is 6.69. The second-order valence-corrected chi connectivity index (χ2v) is 8.02. The number of likely N-dealkylation sites (tertiary alicyclic amines) is 1. The molecule has 0 radical (unpaired) electrons. The molecule has 3 rings (SSSR count). The Kier molecular flexibility index (Phi) is 4.99. The van der Waals surface area contributed by atoms with Crippen molar-refractivity contribution in [2.24, 2.45) is 0 Å². The van der Waals surface area contributed by atoms with Gasteiger partial charge in [-0.25, -0.2) is 4.79 Å². The van der Waals surface area contributed by atoms with Gasteiger partial charge in [0.2, 0.25) is 0 Å². The summed E-state index contributed by atoms with van der Waals surface area (Å²) >= 11 is 7.83. The van der Waals surface area contributed by atoms with Crippen LogP contribution in [0.25, 0.3) is 0 Å². The molecular formula is C16H22ClNO4S. The van der Waals surface area contributed by atoms with Crippen LogP contribution in [0.5, 0.6) is 0 Å². The Morgan fingerprint density at radius 2 is 2.48 bits per heavy atom. The van der Waals surface area contributed by atoms with Gasteiger partial charge in [0.1, 0.15) is 5.60 Å². The molecule has 0 saturated carbocycles. The summed E-state index contributed by atoms with van der Waals surface area (Å²) in [6.07, 6.45) is 1.50. The number of ether oxygens (including phenoxy) is 2. The molecule has 23 heavy (non-hydrogen) atoms. The number of methoxy groups -OCH3 is 1. The topological polar surface area (TPSA) is 59.0 Å². The molecule has 128 valence electrons. The van der Waals surface area contributed by atoms with Crippen LogP contribution in [-0.2, 0) is 26.3 Å². The van der Waals surface area contributed by atoms with Crippen LogP contribution in [-0.4, -0.2) is 54.9 Å². The molecule has 0 amide bonds. The molecule has 1 saturated heterocycles. The number of halogens is 1. The van der Waals surface area contributed by atoms with Crippen LogP contribution < -0.4 is 0 Å². The molecule has 0 aliphatic carbocycles. The first-order chi connectivity index (χ1) is 10.9. The van der Waals surface area contributed by atoms with Gasteiger partial charge in [0.25, 0.3) is 0 Å². The molecule has 0 aromatic carbocycles. The van der Waals surface area contributed by atoms with Crippen LogP contribution in [0.2, 0.25) is 4.34 Å². The summed E-state index contributed by atoms with van der Waals surface area (Å²) in [5, 5.41) is 9.89. The summed E-state index contributed by atoms with van der Waals surface area (Å²) < 4.78 is 11.6. The molecule has 5 nitrogen and oxygen atoms in total. The number of hydrogen-bond acceptors (Lipinski definition) is 6. The lowest BCUT2D eigenvalue weighted by Crippen LogP contribution is -2.52. The van der Waals surface area contributed by atoms with Crippen molar-refractivity contribution in [1.29, 1.82) is 0 Å². The molecule has 1 aromatic heterocycles. The highest BCUT2D eigenvalue weighted by Gasteiger charge is 2.45. The Hall–Kier alpha value is -0.660. The van der Waals surface area contributed by atoms with Crippen molar-refractivity contribution in [3.63, 3.8) is 0 Å². The highest BCUT2D eigenvalue weighted by atomic mass is 35.5. The van der Waals surface area contributed by atoms with Crippen LogP contribution >= 0.6 is 22.9 Å². The van der Waals surface area contributed by atoms with Gasteiger partial charge in [-0.2, -0.15) is 0 Å². The van der Waals surface area contributed by atoms with Gasteiger partial charge in [0.05, 0.1) is 18.1 Å². The van der Waals surface area contributed by atoms with Crippen LogP contribution in [0.15, 0.2) is 6.07 Å². The number of hydrogen-bond donors (Lipinski definition) is 1. The zero-order valence-corrected chi connectivity index (χ0v) is 15.0. The first-order valence-corrected chi connectivity index (χ1v) is 9.07. The largest absolute Gasteiger partial charge is 0.467 e. The Balaban J connectivity index is 1.73. The first kappa shape index (κ1) is 17.2. The summed E-state index contributed by atoms with van der Waals surface area (Å²) in [7, 11) is 1.29. The van der Waals surface area contributed by atoms with Gasteiger partial charge in [-0.1, -0.05) is 11.6 Å². The van der Waals surface area contributed by atoms with E-state index >= 15 is 0 Å². The standard InChI is InChI=1S/C16H22ClNO4S/c1-10-8-16(4-5-18(10)9-12(19)15(20)21-2)14-11(3-6-22-16)7-13(17)23-14/h7,10,12,19H,3-6,8-9H2,1-2H3/t10-,12-,16+/m0/s1. The number of esters is 1. The summed E-state index contributed by atoms with van der Waals surface area (Å²) in [5.74, 6) is -0.585. The van der Waals surface area contributed by atoms with Crippen molar-refractivity contribution in [1.82, 2.24) is 4.90 Å². The van der Waals surface area contributed by atoms with E-state index in [1.807, 2.05) is 0 Å². The number of piperidine rings is 1. The average Bonchev–Trinajstić information content (AvgIpc) is 2.91. The predicted octanol–water partition coefficient (Wildman–Crippen LogP) is 2.19.